The van der Waals surface area contributed by atoms with E-state index in [9.17, 15) is 10.2 Å². The molecule has 0 radical (unpaired) electrons. The van der Waals surface area contributed by atoms with Crippen molar-refractivity contribution in [3.8, 4) is 0 Å². The van der Waals surface area contributed by atoms with Crippen molar-refractivity contribution in [2.24, 2.45) is 0 Å². The molecule has 3 aromatic carbocycles. The molecule has 1 unspecified atom stereocenters. The number of benzene rings is 3. The number of nitrogens with zero attached hydrogens (tertiary/aromatic N) is 1. The third-order valence-corrected chi connectivity index (χ3v) is 7.57. The number of likely N-dealkylation sites (tertiary alicyclic amines) is 1. The molecule has 36 heavy (non-hydrogen) atoms. The van der Waals surface area contributed by atoms with Crippen LogP contribution >= 0.6 is 0 Å². The van der Waals surface area contributed by atoms with Gasteiger partial charge in [0.15, 0.2) is 0 Å². The van der Waals surface area contributed by atoms with Crippen LogP contribution in [0.2, 0.25) is 0 Å². The Labute approximate surface area is 216 Å². The maximum Gasteiger partial charge on any atom is 0.149 e. The molecule has 4 rings (SSSR count). The van der Waals surface area contributed by atoms with Gasteiger partial charge in [0.2, 0.25) is 0 Å². The molecule has 1 aliphatic rings. The molecule has 192 valence electrons. The smallest absolute Gasteiger partial charge is 0.149 e. The Hall–Kier alpha value is -2.50. The van der Waals surface area contributed by atoms with E-state index in [1.807, 2.05) is 12.1 Å². The molecule has 4 heteroatoms. The van der Waals surface area contributed by atoms with E-state index in [0.29, 0.717) is 12.8 Å². The molecule has 0 spiro atoms. The highest BCUT2D eigenvalue weighted by atomic mass is 16.5. The van der Waals surface area contributed by atoms with Crippen LogP contribution in [0.25, 0.3) is 0 Å². The quantitative estimate of drug-likeness (QED) is 0.339. The summed E-state index contributed by atoms with van der Waals surface area (Å²) in [6, 6.07) is 29.5. The van der Waals surface area contributed by atoms with E-state index in [-0.39, 0.29) is 24.7 Å². The minimum absolute atomic E-state index is 0.0920. The standard InChI is InChI=1S/C32H41NO3/c1-31(2,25-35)28-17-19-29(20-18-28)32(21-12-24-34,33-22-10-5-11-23-33)36-30(26-13-6-3-7-14-26)27-15-8-4-9-16-27/h3-4,6-9,13-20,30,34-35H,5,10-12,21-25H2,1-2H3. The number of ether oxygens (including phenoxy) is 1. The molecule has 0 amide bonds. The van der Waals surface area contributed by atoms with Crippen molar-refractivity contribution in [2.75, 3.05) is 26.3 Å². The Morgan fingerprint density at radius 1 is 0.750 bits per heavy atom. The van der Waals surface area contributed by atoms with Crippen LogP contribution in [0.3, 0.4) is 0 Å². The highest BCUT2D eigenvalue weighted by Crippen LogP contribution is 2.43. The summed E-state index contributed by atoms with van der Waals surface area (Å²) in [5, 5.41) is 19.8. The maximum absolute atomic E-state index is 9.92. The zero-order valence-corrected chi connectivity index (χ0v) is 21.8. The van der Waals surface area contributed by atoms with Crippen molar-refractivity contribution >= 4 is 0 Å². The average molecular weight is 488 g/mol. The SMILES string of the molecule is CC(C)(CO)c1ccc(C(CCCO)(OC(c2ccccc2)c2ccccc2)N2CCCCC2)cc1. The van der Waals surface area contributed by atoms with Crippen molar-refractivity contribution < 1.29 is 14.9 Å². The highest BCUT2D eigenvalue weighted by molar-refractivity contribution is 5.34. The van der Waals surface area contributed by atoms with Gasteiger partial charge in [-0.3, -0.25) is 4.90 Å². The first-order valence-corrected chi connectivity index (χ1v) is 13.4. The van der Waals surface area contributed by atoms with Crippen LogP contribution in [0.15, 0.2) is 84.9 Å². The van der Waals surface area contributed by atoms with Gasteiger partial charge in [-0.15, -0.1) is 0 Å². The summed E-state index contributed by atoms with van der Waals surface area (Å²) in [5.74, 6) is 0. The molecule has 2 N–H and O–H groups in total. The van der Waals surface area contributed by atoms with E-state index in [1.54, 1.807) is 0 Å². The van der Waals surface area contributed by atoms with Crippen LogP contribution in [0.1, 0.15) is 74.3 Å². The van der Waals surface area contributed by atoms with E-state index in [0.717, 1.165) is 48.2 Å². The Bertz CT molecular complexity index is 1010. The molecule has 1 aliphatic heterocycles. The van der Waals surface area contributed by atoms with E-state index in [1.165, 1.54) is 6.42 Å². The van der Waals surface area contributed by atoms with Crippen molar-refractivity contribution in [1.82, 2.24) is 4.90 Å². The third kappa shape index (κ3) is 5.90. The summed E-state index contributed by atoms with van der Waals surface area (Å²) in [5.41, 5.74) is 3.45. The van der Waals surface area contributed by atoms with Crippen molar-refractivity contribution in [3.63, 3.8) is 0 Å². The largest absolute Gasteiger partial charge is 0.396 e. The highest BCUT2D eigenvalue weighted by Gasteiger charge is 2.42. The summed E-state index contributed by atoms with van der Waals surface area (Å²) in [6.07, 6.45) is 4.61. The third-order valence-electron chi connectivity index (χ3n) is 7.57. The van der Waals surface area contributed by atoms with Crippen LogP contribution in [0.4, 0.5) is 0 Å². The van der Waals surface area contributed by atoms with Gasteiger partial charge in [-0.1, -0.05) is 105 Å². The fourth-order valence-corrected chi connectivity index (χ4v) is 5.31. The second-order valence-electron chi connectivity index (χ2n) is 10.6. The summed E-state index contributed by atoms with van der Waals surface area (Å²) >= 11 is 0. The number of piperidine rings is 1. The van der Waals surface area contributed by atoms with Gasteiger partial charge in [-0.25, -0.2) is 0 Å². The number of rotatable bonds is 11. The van der Waals surface area contributed by atoms with Crippen LogP contribution in [-0.2, 0) is 15.9 Å². The van der Waals surface area contributed by atoms with Crippen LogP contribution in [-0.4, -0.2) is 41.4 Å². The number of hydrogen-bond acceptors (Lipinski definition) is 4. The Balaban J connectivity index is 1.84. The Morgan fingerprint density at radius 2 is 1.28 bits per heavy atom. The molecule has 1 fully saturated rings. The predicted molar refractivity (Wildman–Crippen MR) is 146 cm³/mol. The lowest BCUT2D eigenvalue weighted by Gasteiger charge is -2.48. The summed E-state index contributed by atoms with van der Waals surface area (Å²) in [4.78, 5) is 2.50. The molecule has 0 saturated carbocycles. The zero-order valence-electron chi connectivity index (χ0n) is 21.8. The molecule has 0 aliphatic carbocycles. The molecule has 1 atom stereocenters. The molecule has 0 aromatic heterocycles. The Kier molecular flexibility index (Phi) is 8.97. The van der Waals surface area contributed by atoms with Gasteiger partial charge in [0.25, 0.3) is 0 Å². The molecule has 1 saturated heterocycles. The first-order chi connectivity index (χ1) is 17.5. The second-order valence-corrected chi connectivity index (χ2v) is 10.6. The molecule has 4 nitrogen and oxygen atoms in total. The first kappa shape index (κ1) is 26.6. The van der Waals surface area contributed by atoms with Gasteiger partial charge in [-0.2, -0.15) is 0 Å². The van der Waals surface area contributed by atoms with Gasteiger partial charge >= 0.3 is 0 Å². The summed E-state index contributed by atoms with van der Waals surface area (Å²) < 4.78 is 7.36. The minimum Gasteiger partial charge on any atom is -0.396 e. The van der Waals surface area contributed by atoms with Gasteiger partial charge in [-0.05, 0) is 47.9 Å². The zero-order chi connectivity index (χ0) is 25.4. The van der Waals surface area contributed by atoms with E-state index in [2.05, 4.69) is 91.5 Å². The topological polar surface area (TPSA) is 52.9 Å². The molecule has 0 bridgehead atoms. The normalized spacial score (nSPS) is 16.7. The van der Waals surface area contributed by atoms with Crippen molar-refractivity contribution in [2.45, 2.75) is 63.2 Å². The fraction of sp³-hybridized carbons (Fsp3) is 0.438. The van der Waals surface area contributed by atoms with Crippen LogP contribution < -0.4 is 0 Å². The van der Waals surface area contributed by atoms with E-state index >= 15 is 0 Å². The van der Waals surface area contributed by atoms with Crippen LogP contribution in [0, 0.1) is 0 Å². The summed E-state index contributed by atoms with van der Waals surface area (Å²) in [6.45, 7) is 6.26. The number of aliphatic hydroxyl groups excluding tert-OH is 2. The van der Waals surface area contributed by atoms with Crippen molar-refractivity contribution in [1.29, 1.82) is 0 Å². The van der Waals surface area contributed by atoms with Gasteiger partial charge < -0.3 is 14.9 Å². The second kappa shape index (κ2) is 12.2. The predicted octanol–water partition coefficient (Wildman–Crippen LogP) is 6.17. The van der Waals surface area contributed by atoms with Crippen LogP contribution in [0.5, 0.6) is 0 Å². The Morgan fingerprint density at radius 3 is 1.78 bits per heavy atom. The average Bonchev–Trinajstić information content (AvgIpc) is 2.95. The minimum atomic E-state index is -0.679. The fourth-order valence-electron chi connectivity index (χ4n) is 5.31. The molecule has 3 aromatic rings. The van der Waals surface area contributed by atoms with Crippen molar-refractivity contribution in [3.05, 3.63) is 107 Å². The van der Waals surface area contributed by atoms with Gasteiger partial charge in [0, 0.05) is 25.1 Å². The van der Waals surface area contributed by atoms with Gasteiger partial charge in [0.05, 0.1) is 6.61 Å². The number of hydrogen-bond donors (Lipinski definition) is 2. The lowest BCUT2D eigenvalue weighted by molar-refractivity contribution is -0.199. The van der Waals surface area contributed by atoms with E-state index in [4.69, 9.17) is 4.74 Å². The summed E-state index contributed by atoms with van der Waals surface area (Å²) in [7, 11) is 0. The monoisotopic (exact) mass is 487 g/mol. The molecular weight excluding hydrogens is 446 g/mol. The van der Waals surface area contributed by atoms with E-state index < -0.39 is 5.72 Å². The molecular formula is C32H41NO3. The number of aliphatic hydroxyl groups is 2. The molecule has 1 heterocycles. The lowest BCUT2D eigenvalue weighted by Crippen LogP contribution is -2.51. The first-order valence-electron chi connectivity index (χ1n) is 13.4. The van der Waals surface area contributed by atoms with Gasteiger partial charge in [0.1, 0.15) is 11.8 Å². The lowest BCUT2D eigenvalue weighted by atomic mass is 9.83. The maximum atomic E-state index is 9.92.